The number of aromatic nitrogens is 1. The van der Waals surface area contributed by atoms with Crippen molar-refractivity contribution in [2.24, 2.45) is 0 Å². The van der Waals surface area contributed by atoms with E-state index < -0.39 is 5.63 Å². The highest BCUT2D eigenvalue weighted by Crippen LogP contribution is 2.22. The highest BCUT2D eigenvalue weighted by molar-refractivity contribution is 6.30. The van der Waals surface area contributed by atoms with Crippen molar-refractivity contribution in [3.8, 4) is 22.7 Å². The van der Waals surface area contributed by atoms with Gasteiger partial charge in [0.05, 0.1) is 11.8 Å². The molecular formula is C17H12ClNO2. The van der Waals surface area contributed by atoms with Gasteiger partial charge in [-0.3, -0.25) is 0 Å². The molecule has 3 aromatic rings. The number of nitrogens with zero attached hydrogens (tertiary/aromatic N) is 1. The summed E-state index contributed by atoms with van der Waals surface area (Å²) >= 11 is 5.86. The van der Waals surface area contributed by atoms with Crippen LogP contribution in [-0.4, -0.2) is 4.98 Å². The first-order valence-corrected chi connectivity index (χ1v) is 6.85. The lowest BCUT2D eigenvalue weighted by molar-refractivity contribution is 0.508. The fraction of sp³-hybridized carbons (Fsp3) is 0.0588. The third kappa shape index (κ3) is 3.03. The third-order valence-corrected chi connectivity index (χ3v) is 3.33. The van der Waals surface area contributed by atoms with Gasteiger partial charge >= 0.3 is 5.63 Å². The molecule has 0 radical (unpaired) electrons. The van der Waals surface area contributed by atoms with Crippen LogP contribution < -0.4 is 5.63 Å². The Hall–Kier alpha value is -2.39. The van der Waals surface area contributed by atoms with Crippen molar-refractivity contribution in [3.63, 3.8) is 0 Å². The average Bonchev–Trinajstić information content (AvgIpc) is 2.47. The van der Waals surface area contributed by atoms with Crippen molar-refractivity contribution >= 4 is 11.6 Å². The molecule has 0 bridgehead atoms. The van der Waals surface area contributed by atoms with E-state index in [-0.39, 0.29) is 5.89 Å². The molecule has 104 valence electrons. The van der Waals surface area contributed by atoms with Crippen molar-refractivity contribution in [2.45, 2.75) is 6.92 Å². The number of hydrogen-bond acceptors (Lipinski definition) is 3. The van der Waals surface area contributed by atoms with Crippen molar-refractivity contribution in [1.29, 1.82) is 0 Å². The molecule has 3 nitrogen and oxygen atoms in total. The largest absolute Gasteiger partial charge is 0.404 e. The minimum atomic E-state index is -0.425. The van der Waals surface area contributed by atoms with E-state index in [9.17, 15) is 4.79 Å². The molecular weight excluding hydrogens is 286 g/mol. The molecule has 21 heavy (non-hydrogen) atoms. The Morgan fingerprint density at radius 2 is 1.76 bits per heavy atom. The quantitative estimate of drug-likeness (QED) is 0.707. The van der Waals surface area contributed by atoms with Crippen LogP contribution in [0.3, 0.4) is 0 Å². The molecule has 0 aliphatic rings. The van der Waals surface area contributed by atoms with Crippen molar-refractivity contribution in [2.75, 3.05) is 0 Å². The molecule has 0 saturated carbocycles. The van der Waals surface area contributed by atoms with Crippen LogP contribution in [0.4, 0.5) is 0 Å². The smallest absolute Gasteiger partial charge is 0.339 e. The Balaban J connectivity index is 2.12. The summed E-state index contributed by atoms with van der Waals surface area (Å²) in [6.45, 7) is 2.00. The highest BCUT2D eigenvalue weighted by Gasteiger charge is 2.08. The average molecular weight is 298 g/mol. The van der Waals surface area contributed by atoms with Gasteiger partial charge in [0.2, 0.25) is 5.89 Å². The second kappa shape index (κ2) is 5.54. The molecule has 4 heteroatoms. The Morgan fingerprint density at radius 3 is 2.48 bits per heavy atom. The van der Waals surface area contributed by atoms with Crippen LogP contribution in [0.5, 0.6) is 0 Å². The van der Waals surface area contributed by atoms with Gasteiger partial charge in [-0.1, -0.05) is 35.4 Å². The van der Waals surface area contributed by atoms with Crippen LogP contribution in [0.1, 0.15) is 5.56 Å². The van der Waals surface area contributed by atoms with Gasteiger partial charge in [-0.15, -0.1) is 0 Å². The highest BCUT2D eigenvalue weighted by atomic mass is 35.5. The molecule has 0 fully saturated rings. The fourth-order valence-corrected chi connectivity index (χ4v) is 2.20. The fourth-order valence-electron chi connectivity index (χ4n) is 2.07. The maximum absolute atomic E-state index is 11.8. The summed E-state index contributed by atoms with van der Waals surface area (Å²) in [4.78, 5) is 16.2. The van der Waals surface area contributed by atoms with Gasteiger partial charge in [0.1, 0.15) is 0 Å². The molecule has 2 aromatic carbocycles. The first kappa shape index (κ1) is 13.6. The topological polar surface area (TPSA) is 43.1 Å². The Morgan fingerprint density at radius 1 is 1.00 bits per heavy atom. The zero-order valence-electron chi connectivity index (χ0n) is 11.3. The zero-order valence-corrected chi connectivity index (χ0v) is 12.1. The van der Waals surface area contributed by atoms with E-state index in [1.807, 2.05) is 31.2 Å². The van der Waals surface area contributed by atoms with E-state index in [4.69, 9.17) is 16.0 Å². The first-order chi connectivity index (χ1) is 10.1. The summed E-state index contributed by atoms with van der Waals surface area (Å²) in [5.41, 5.74) is 2.88. The number of aryl methyl sites for hydroxylation is 1. The number of hydrogen-bond donors (Lipinski definition) is 0. The summed E-state index contributed by atoms with van der Waals surface area (Å²) < 4.78 is 5.19. The van der Waals surface area contributed by atoms with Crippen LogP contribution in [0.15, 0.2) is 63.8 Å². The second-order valence-corrected chi connectivity index (χ2v) is 5.18. The van der Waals surface area contributed by atoms with Crippen molar-refractivity contribution < 1.29 is 4.42 Å². The van der Waals surface area contributed by atoms with Crippen molar-refractivity contribution in [1.82, 2.24) is 4.98 Å². The molecule has 0 unspecified atom stereocenters. The summed E-state index contributed by atoms with van der Waals surface area (Å²) in [7, 11) is 0. The Labute approximate surface area is 126 Å². The molecule has 0 saturated heterocycles. The summed E-state index contributed by atoms with van der Waals surface area (Å²) in [6.07, 6.45) is 0. The Bertz CT molecular complexity index is 838. The molecule has 0 spiro atoms. The lowest BCUT2D eigenvalue weighted by Gasteiger charge is -2.04. The molecule has 0 atom stereocenters. The van der Waals surface area contributed by atoms with Crippen LogP contribution in [0.2, 0.25) is 5.02 Å². The predicted octanol–water partition coefficient (Wildman–Crippen LogP) is 4.33. The van der Waals surface area contributed by atoms with Gasteiger partial charge < -0.3 is 4.42 Å². The minimum Gasteiger partial charge on any atom is -0.404 e. The van der Waals surface area contributed by atoms with Crippen LogP contribution >= 0.6 is 11.6 Å². The normalized spacial score (nSPS) is 10.6. The molecule has 0 aliphatic heterocycles. The van der Waals surface area contributed by atoms with Gasteiger partial charge in [-0.25, -0.2) is 9.78 Å². The Kier molecular flexibility index (Phi) is 3.59. The maximum Gasteiger partial charge on any atom is 0.339 e. The zero-order chi connectivity index (χ0) is 14.8. The van der Waals surface area contributed by atoms with E-state index in [1.165, 1.54) is 6.07 Å². The molecule has 0 aliphatic carbocycles. The molecule has 1 heterocycles. The maximum atomic E-state index is 11.8. The van der Waals surface area contributed by atoms with E-state index in [2.05, 4.69) is 4.98 Å². The van der Waals surface area contributed by atoms with Gasteiger partial charge in [-0.05, 0) is 37.3 Å². The van der Waals surface area contributed by atoms with Crippen LogP contribution in [0, 0.1) is 6.92 Å². The molecule has 3 rings (SSSR count). The van der Waals surface area contributed by atoms with Gasteiger partial charge in [0.25, 0.3) is 0 Å². The standard InChI is InChI=1S/C17H12ClNO2/c1-11-3-2-4-13(9-11)15-10-16(20)21-17(19-15)12-5-7-14(18)8-6-12/h2-10H,1H3. The predicted molar refractivity (Wildman–Crippen MR) is 83.4 cm³/mol. The summed E-state index contributed by atoms with van der Waals surface area (Å²) in [5.74, 6) is 0.288. The van der Waals surface area contributed by atoms with Crippen LogP contribution in [-0.2, 0) is 0 Å². The van der Waals surface area contributed by atoms with Crippen molar-refractivity contribution in [3.05, 3.63) is 75.6 Å². The molecule has 0 amide bonds. The second-order valence-electron chi connectivity index (χ2n) is 4.74. The summed E-state index contributed by atoms with van der Waals surface area (Å²) in [5, 5.41) is 0.621. The first-order valence-electron chi connectivity index (χ1n) is 6.47. The van der Waals surface area contributed by atoms with Gasteiger partial charge in [-0.2, -0.15) is 0 Å². The number of rotatable bonds is 2. The summed E-state index contributed by atoms with van der Waals surface area (Å²) in [6, 6.07) is 16.2. The van der Waals surface area contributed by atoms with E-state index in [0.717, 1.165) is 11.1 Å². The van der Waals surface area contributed by atoms with Gasteiger partial charge in [0.15, 0.2) is 0 Å². The lowest BCUT2D eigenvalue weighted by atomic mass is 10.1. The van der Waals surface area contributed by atoms with E-state index in [1.54, 1.807) is 24.3 Å². The molecule has 0 N–H and O–H groups in total. The van der Waals surface area contributed by atoms with Crippen LogP contribution in [0.25, 0.3) is 22.7 Å². The number of halogens is 1. The SMILES string of the molecule is Cc1cccc(-c2cc(=O)oc(-c3ccc(Cl)cc3)n2)c1. The number of benzene rings is 2. The van der Waals surface area contributed by atoms with E-state index in [0.29, 0.717) is 16.3 Å². The van der Waals surface area contributed by atoms with Gasteiger partial charge in [0, 0.05) is 16.1 Å². The third-order valence-electron chi connectivity index (χ3n) is 3.08. The monoisotopic (exact) mass is 297 g/mol. The molecule has 1 aromatic heterocycles. The van der Waals surface area contributed by atoms with E-state index >= 15 is 0 Å². The minimum absolute atomic E-state index is 0.288. The lowest BCUT2D eigenvalue weighted by Crippen LogP contribution is -2.02.